The van der Waals surface area contributed by atoms with Crippen LogP contribution in [0.4, 0.5) is 0 Å². The van der Waals surface area contributed by atoms with Crippen molar-refractivity contribution in [2.45, 2.75) is 57.5 Å². The van der Waals surface area contributed by atoms with Gasteiger partial charge >= 0.3 is 5.97 Å². The number of aryl methyl sites for hydroxylation is 1. The van der Waals surface area contributed by atoms with Gasteiger partial charge in [0.15, 0.2) is 5.54 Å². The topological polar surface area (TPSA) is 78.7 Å². The van der Waals surface area contributed by atoms with Gasteiger partial charge in [0.2, 0.25) is 5.91 Å². The van der Waals surface area contributed by atoms with Crippen molar-refractivity contribution in [1.82, 2.24) is 19.6 Å². The highest BCUT2D eigenvalue weighted by molar-refractivity contribution is 5.83. The number of carboxylic acids is 1. The second kappa shape index (κ2) is 7.15. The van der Waals surface area contributed by atoms with E-state index in [4.69, 9.17) is 0 Å². The van der Waals surface area contributed by atoms with Gasteiger partial charge in [-0.1, -0.05) is 13.3 Å². The first-order chi connectivity index (χ1) is 12.0. The molecule has 0 saturated carbocycles. The minimum atomic E-state index is -1.04. The van der Waals surface area contributed by atoms with Crippen molar-refractivity contribution in [2.75, 3.05) is 26.2 Å². The molecule has 1 aromatic heterocycles. The largest absolute Gasteiger partial charge is 0.479 e. The third-order valence-electron chi connectivity index (χ3n) is 5.76. The number of carbonyl (C=O) groups is 2. The lowest BCUT2D eigenvalue weighted by molar-refractivity contribution is -0.154. The molecule has 0 unspecified atom stereocenters. The first-order valence-corrected chi connectivity index (χ1v) is 9.26. The lowest BCUT2D eigenvalue weighted by Crippen LogP contribution is -2.57. The van der Waals surface area contributed by atoms with Crippen LogP contribution in [0.5, 0.6) is 0 Å². The smallest absolute Gasteiger partial charge is 0.331 e. The fourth-order valence-corrected chi connectivity index (χ4v) is 4.14. The van der Waals surface area contributed by atoms with E-state index in [0.29, 0.717) is 25.9 Å². The molecule has 2 saturated heterocycles. The summed E-state index contributed by atoms with van der Waals surface area (Å²) in [7, 11) is 0. The molecule has 1 N–H and O–H groups in total. The minimum Gasteiger partial charge on any atom is -0.479 e. The van der Waals surface area contributed by atoms with E-state index in [0.717, 1.165) is 37.9 Å². The molecule has 7 nitrogen and oxygen atoms in total. The highest BCUT2D eigenvalue weighted by atomic mass is 16.4. The van der Waals surface area contributed by atoms with Crippen LogP contribution in [0, 0.1) is 6.92 Å². The Morgan fingerprint density at radius 3 is 2.56 bits per heavy atom. The van der Waals surface area contributed by atoms with Crippen molar-refractivity contribution in [3.63, 3.8) is 0 Å². The molecule has 1 aromatic rings. The maximum Gasteiger partial charge on any atom is 0.331 e. The highest BCUT2D eigenvalue weighted by Crippen LogP contribution is 2.31. The molecule has 25 heavy (non-hydrogen) atoms. The fraction of sp³-hybridized carbons (Fsp3) is 0.722. The Labute approximate surface area is 148 Å². The minimum absolute atomic E-state index is 0.0389. The zero-order valence-corrected chi connectivity index (χ0v) is 15.1. The molecular weight excluding hydrogens is 320 g/mol. The van der Waals surface area contributed by atoms with E-state index in [1.807, 2.05) is 11.8 Å². The summed E-state index contributed by atoms with van der Waals surface area (Å²) in [5.41, 5.74) is -0.0953. The number of hydrogen-bond donors (Lipinski definition) is 1. The fourth-order valence-electron chi connectivity index (χ4n) is 4.14. The number of aliphatic carboxylic acids is 1. The monoisotopic (exact) mass is 348 g/mol. The summed E-state index contributed by atoms with van der Waals surface area (Å²) in [5.74, 6) is -0.701. The molecule has 2 aliphatic rings. The Balaban J connectivity index is 1.71. The third kappa shape index (κ3) is 3.29. The van der Waals surface area contributed by atoms with E-state index in [2.05, 4.69) is 16.9 Å². The molecular formula is C18H28N4O3. The summed E-state index contributed by atoms with van der Waals surface area (Å²) in [6.45, 7) is 6.80. The lowest BCUT2D eigenvalue weighted by Gasteiger charge is -2.42. The Hall–Kier alpha value is -1.89. The molecule has 1 amide bonds. The highest BCUT2D eigenvalue weighted by Gasteiger charge is 2.46. The van der Waals surface area contributed by atoms with Crippen molar-refractivity contribution in [3.8, 4) is 0 Å². The first-order valence-electron chi connectivity index (χ1n) is 9.26. The second-order valence-electron chi connectivity index (χ2n) is 7.26. The van der Waals surface area contributed by atoms with Gasteiger partial charge in [-0.05, 0) is 38.4 Å². The molecule has 0 spiro atoms. The second-order valence-corrected chi connectivity index (χ2v) is 7.26. The number of amides is 1. The zero-order chi connectivity index (χ0) is 18.0. The average Bonchev–Trinajstić information content (AvgIpc) is 3.07. The van der Waals surface area contributed by atoms with Gasteiger partial charge in [0.25, 0.3) is 0 Å². The Kier molecular flexibility index (Phi) is 5.13. The summed E-state index contributed by atoms with van der Waals surface area (Å²) in [6, 6.07) is -0.0389. The quantitative estimate of drug-likeness (QED) is 0.891. The molecule has 7 heteroatoms. The van der Waals surface area contributed by atoms with Gasteiger partial charge in [0.1, 0.15) is 0 Å². The lowest BCUT2D eigenvalue weighted by atomic mass is 9.87. The Morgan fingerprint density at radius 2 is 2.00 bits per heavy atom. The summed E-state index contributed by atoms with van der Waals surface area (Å²) in [4.78, 5) is 29.1. The van der Waals surface area contributed by atoms with Crippen LogP contribution < -0.4 is 0 Å². The summed E-state index contributed by atoms with van der Waals surface area (Å²) in [6.07, 6.45) is 7.41. The number of aromatic nitrogens is 2. The number of likely N-dealkylation sites (N-methyl/N-ethyl adjacent to an activating group) is 1. The van der Waals surface area contributed by atoms with Crippen LogP contribution >= 0.6 is 0 Å². The van der Waals surface area contributed by atoms with E-state index in [1.54, 1.807) is 17.1 Å². The summed E-state index contributed by atoms with van der Waals surface area (Å²) in [5, 5.41) is 14.1. The number of rotatable bonds is 4. The van der Waals surface area contributed by atoms with E-state index >= 15 is 0 Å². The molecule has 0 aromatic carbocycles. The number of carboxylic acid groups (broad SMARTS) is 1. The van der Waals surface area contributed by atoms with Crippen LogP contribution in [0.2, 0.25) is 0 Å². The summed E-state index contributed by atoms with van der Waals surface area (Å²) < 4.78 is 1.57. The molecule has 2 aliphatic heterocycles. The number of hydrogen-bond acceptors (Lipinski definition) is 4. The molecule has 1 atom stereocenters. The zero-order valence-electron chi connectivity index (χ0n) is 15.1. The van der Waals surface area contributed by atoms with Crippen LogP contribution in [-0.2, 0) is 15.1 Å². The van der Waals surface area contributed by atoms with Gasteiger partial charge in [-0.3, -0.25) is 14.4 Å². The molecule has 3 heterocycles. The van der Waals surface area contributed by atoms with Crippen LogP contribution in [0.3, 0.4) is 0 Å². The normalized spacial score (nSPS) is 24.2. The van der Waals surface area contributed by atoms with Crippen molar-refractivity contribution in [2.24, 2.45) is 0 Å². The molecule has 0 aliphatic carbocycles. The van der Waals surface area contributed by atoms with Gasteiger partial charge in [-0.25, -0.2) is 4.79 Å². The number of carbonyl (C=O) groups excluding carboxylic acids is 1. The van der Waals surface area contributed by atoms with Crippen molar-refractivity contribution in [1.29, 1.82) is 0 Å². The van der Waals surface area contributed by atoms with Crippen molar-refractivity contribution < 1.29 is 14.7 Å². The van der Waals surface area contributed by atoms with E-state index in [1.165, 1.54) is 0 Å². The third-order valence-corrected chi connectivity index (χ3v) is 5.76. The average molecular weight is 348 g/mol. The molecule has 3 rings (SSSR count). The standard InChI is InChI=1S/C18H28N4O3/c1-3-20-9-5-4-6-15(20)16(23)21-10-7-18(8-11-21,17(24)25)22-13-14(2)12-19-22/h12-13,15H,3-11H2,1-2H3,(H,24,25)/t15-/m0/s1. The van der Waals surface area contributed by atoms with Gasteiger partial charge in [0, 0.05) is 32.1 Å². The Morgan fingerprint density at radius 1 is 1.28 bits per heavy atom. The molecule has 0 bridgehead atoms. The first kappa shape index (κ1) is 17.9. The molecule has 138 valence electrons. The van der Waals surface area contributed by atoms with E-state index in [-0.39, 0.29) is 11.9 Å². The molecule has 0 radical (unpaired) electrons. The Bertz CT molecular complexity index is 634. The van der Waals surface area contributed by atoms with Crippen molar-refractivity contribution >= 4 is 11.9 Å². The van der Waals surface area contributed by atoms with Crippen LogP contribution in [0.15, 0.2) is 12.4 Å². The SMILES string of the molecule is CCN1CCCC[C@H]1C(=O)N1CCC(C(=O)O)(n2cc(C)cn2)CC1. The number of likely N-dealkylation sites (tertiary alicyclic amines) is 2. The number of piperidine rings is 2. The van der Waals surface area contributed by atoms with Crippen LogP contribution in [-0.4, -0.2) is 68.8 Å². The summed E-state index contributed by atoms with van der Waals surface area (Å²) >= 11 is 0. The van der Waals surface area contributed by atoms with Gasteiger partial charge < -0.3 is 10.0 Å². The van der Waals surface area contributed by atoms with E-state index < -0.39 is 11.5 Å². The van der Waals surface area contributed by atoms with Gasteiger partial charge in [-0.15, -0.1) is 0 Å². The van der Waals surface area contributed by atoms with Crippen LogP contribution in [0.1, 0.15) is 44.6 Å². The number of nitrogens with zero attached hydrogens (tertiary/aromatic N) is 4. The molecule has 2 fully saturated rings. The maximum absolute atomic E-state index is 13.0. The predicted molar refractivity (Wildman–Crippen MR) is 93.3 cm³/mol. The van der Waals surface area contributed by atoms with Crippen LogP contribution in [0.25, 0.3) is 0 Å². The van der Waals surface area contributed by atoms with Gasteiger partial charge in [0.05, 0.1) is 12.2 Å². The van der Waals surface area contributed by atoms with Gasteiger partial charge in [-0.2, -0.15) is 5.10 Å². The van der Waals surface area contributed by atoms with Crippen molar-refractivity contribution in [3.05, 3.63) is 18.0 Å². The maximum atomic E-state index is 13.0. The predicted octanol–water partition coefficient (Wildman–Crippen LogP) is 1.47. The van der Waals surface area contributed by atoms with E-state index in [9.17, 15) is 14.7 Å².